The molecule has 1 aliphatic heterocycles. The zero-order valence-electron chi connectivity index (χ0n) is 8.84. The van der Waals surface area contributed by atoms with Gasteiger partial charge in [-0.2, -0.15) is 5.10 Å². The fourth-order valence-corrected chi connectivity index (χ4v) is 2.64. The molecule has 0 fully saturated rings. The van der Waals surface area contributed by atoms with Gasteiger partial charge in [0.15, 0.2) is 0 Å². The molecule has 0 saturated carbocycles. The van der Waals surface area contributed by atoms with Crippen LogP contribution in [0.5, 0.6) is 0 Å². The Kier molecular flexibility index (Phi) is 2.56. The average molecular weight is 258 g/mol. The summed E-state index contributed by atoms with van der Waals surface area (Å²) in [6.45, 7) is 8.64. The van der Waals surface area contributed by atoms with Crippen LogP contribution in [0.15, 0.2) is 4.47 Å². The average Bonchev–Trinajstić information content (AvgIpc) is 2.43. The van der Waals surface area contributed by atoms with Gasteiger partial charge in [-0.3, -0.25) is 0 Å². The van der Waals surface area contributed by atoms with Gasteiger partial charge in [-0.15, -0.1) is 0 Å². The summed E-state index contributed by atoms with van der Waals surface area (Å²) in [7, 11) is 0. The molecule has 1 aromatic heterocycles. The molecule has 0 saturated heterocycles. The van der Waals surface area contributed by atoms with E-state index in [0.29, 0.717) is 11.8 Å². The zero-order chi connectivity index (χ0) is 10.3. The lowest BCUT2D eigenvalue weighted by atomic mass is 10.1. The molecule has 0 bridgehead atoms. The Balaban J connectivity index is 2.40. The first-order chi connectivity index (χ1) is 6.59. The van der Waals surface area contributed by atoms with Gasteiger partial charge < -0.3 is 5.32 Å². The Morgan fingerprint density at radius 1 is 1.57 bits per heavy atom. The van der Waals surface area contributed by atoms with Crippen LogP contribution in [-0.4, -0.2) is 16.3 Å². The molecule has 0 radical (unpaired) electrons. The molecular formula is C10H16BrN3. The highest BCUT2D eigenvalue weighted by Gasteiger charge is 2.22. The van der Waals surface area contributed by atoms with Crippen molar-refractivity contribution in [1.82, 2.24) is 9.78 Å². The van der Waals surface area contributed by atoms with Crippen molar-refractivity contribution in [2.24, 2.45) is 5.92 Å². The Bertz CT molecular complexity index is 343. The van der Waals surface area contributed by atoms with Crippen LogP contribution in [0.2, 0.25) is 0 Å². The monoisotopic (exact) mass is 257 g/mol. The third-order valence-electron chi connectivity index (χ3n) is 2.57. The summed E-state index contributed by atoms with van der Waals surface area (Å²) in [4.78, 5) is 0. The molecule has 1 N–H and O–H groups in total. The van der Waals surface area contributed by atoms with Crippen molar-refractivity contribution in [3.05, 3.63) is 10.2 Å². The van der Waals surface area contributed by atoms with Crippen LogP contribution in [0.3, 0.4) is 0 Å². The number of rotatable bonds is 1. The van der Waals surface area contributed by atoms with Gasteiger partial charge >= 0.3 is 0 Å². The van der Waals surface area contributed by atoms with Crippen LogP contribution in [0.1, 0.15) is 32.4 Å². The zero-order valence-corrected chi connectivity index (χ0v) is 10.4. The molecule has 0 amide bonds. The molecule has 4 heteroatoms. The van der Waals surface area contributed by atoms with Crippen molar-refractivity contribution < 1.29 is 0 Å². The first kappa shape index (κ1) is 10.0. The molecule has 3 nitrogen and oxygen atoms in total. The molecule has 0 aliphatic carbocycles. The summed E-state index contributed by atoms with van der Waals surface area (Å²) in [6, 6.07) is 0. The molecular weight excluding hydrogens is 242 g/mol. The minimum atomic E-state index is 0.472. The third kappa shape index (κ3) is 1.56. The molecule has 2 heterocycles. The minimum absolute atomic E-state index is 0.472. The fourth-order valence-electron chi connectivity index (χ4n) is 1.76. The lowest BCUT2D eigenvalue weighted by molar-refractivity contribution is 0.441. The highest BCUT2D eigenvalue weighted by Crippen LogP contribution is 2.33. The van der Waals surface area contributed by atoms with E-state index in [2.05, 4.69) is 51.8 Å². The van der Waals surface area contributed by atoms with Crippen LogP contribution in [0.25, 0.3) is 0 Å². The largest absolute Gasteiger partial charge is 0.369 e. The number of nitrogens with zero attached hydrogens (tertiary/aromatic N) is 2. The standard InChI is InChI=1S/C10H16BrN3/c1-6(2)9-8(11)10-12-4-7(3)5-14(10)13-9/h6-7,12H,4-5H2,1-3H3. The molecule has 1 atom stereocenters. The van der Waals surface area contributed by atoms with E-state index in [4.69, 9.17) is 0 Å². The topological polar surface area (TPSA) is 29.9 Å². The maximum atomic E-state index is 4.61. The highest BCUT2D eigenvalue weighted by molar-refractivity contribution is 9.10. The van der Waals surface area contributed by atoms with E-state index >= 15 is 0 Å². The predicted molar refractivity (Wildman–Crippen MR) is 61.7 cm³/mol. The van der Waals surface area contributed by atoms with E-state index in [-0.39, 0.29) is 0 Å². The fraction of sp³-hybridized carbons (Fsp3) is 0.700. The lowest BCUT2D eigenvalue weighted by Crippen LogP contribution is -2.25. The maximum absolute atomic E-state index is 4.61. The maximum Gasteiger partial charge on any atom is 0.139 e. The van der Waals surface area contributed by atoms with E-state index in [0.717, 1.165) is 29.1 Å². The summed E-state index contributed by atoms with van der Waals surface area (Å²) in [5.74, 6) is 2.28. The Morgan fingerprint density at radius 2 is 2.29 bits per heavy atom. The Labute approximate surface area is 93.0 Å². The first-order valence-electron chi connectivity index (χ1n) is 5.09. The van der Waals surface area contributed by atoms with E-state index in [1.54, 1.807) is 0 Å². The van der Waals surface area contributed by atoms with Gasteiger partial charge in [-0.05, 0) is 27.8 Å². The van der Waals surface area contributed by atoms with E-state index in [1.807, 2.05) is 0 Å². The van der Waals surface area contributed by atoms with Crippen LogP contribution in [0.4, 0.5) is 5.82 Å². The number of halogens is 1. The summed E-state index contributed by atoms with van der Waals surface area (Å²) in [6.07, 6.45) is 0. The van der Waals surface area contributed by atoms with Gasteiger partial charge in [0.05, 0.1) is 10.2 Å². The van der Waals surface area contributed by atoms with Crippen molar-refractivity contribution >= 4 is 21.7 Å². The number of hydrogen-bond donors (Lipinski definition) is 1. The van der Waals surface area contributed by atoms with Gasteiger partial charge in [0, 0.05) is 13.1 Å². The number of fused-ring (bicyclic) bond motifs is 1. The second-order valence-electron chi connectivity index (χ2n) is 4.37. The Hall–Kier alpha value is -0.510. The van der Waals surface area contributed by atoms with E-state index < -0.39 is 0 Å². The molecule has 0 spiro atoms. The van der Waals surface area contributed by atoms with Gasteiger partial charge in [0.1, 0.15) is 5.82 Å². The normalized spacial score (nSPS) is 20.8. The number of hydrogen-bond acceptors (Lipinski definition) is 2. The summed E-state index contributed by atoms with van der Waals surface area (Å²) >= 11 is 3.61. The number of anilines is 1. The van der Waals surface area contributed by atoms with Crippen molar-refractivity contribution in [3.8, 4) is 0 Å². The highest BCUT2D eigenvalue weighted by atomic mass is 79.9. The third-order valence-corrected chi connectivity index (χ3v) is 3.35. The summed E-state index contributed by atoms with van der Waals surface area (Å²) in [5, 5.41) is 8.02. The minimum Gasteiger partial charge on any atom is -0.369 e. The second-order valence-corrected chi connectivity index (χ2v) is 5.16. The first-order valence-corrected chi connectivity index (χ1v) is 5.89. The summed E-state index contributed by atoms with van der Waals surface area (Å²) < 4.78 is 3.22. The van der Waals surface area contributed by atoms with Crippen LogP contribution in [-0.2, 0) is 6.54 Å². The van der Waals surface area contributed by atoms with Crippen LogP contribution < -0.4 is 5.32 Å². The lowest BCUT2D eigenvalue weighted by Gasteiger charge is -2.21. The molecule has 78 valence electrons. The van der Waals surface area contributed by atoms with Gasteiger partial charge in [0.25, 0.3) is 0 Å². The number of aromatic nitrogens is 2. The molecule has 1 aromatic rings. The molecule has 2 rings (SSSR count). The quantitative estimate of drug-likeness (QED) is 0.839. The summed E-state index contributed by atoms with van der Waals surface area (Å²) in [5.41, 5.74) is 1.15. The smallest absolute Gasteiger partial charge is 0.139 e. The van der Waals surface area contributed by atoms with Crippen molar-refractivity contribution in [3.63, 3.8) is 0 Å². The molecule has 1 aliphatic rings. The van der Waals surface area contributed by atoms with Gasteiger partial charge in [0.2, 0.25) is 0 Å². The number of nitrogens with one attached hydrogen (secondary N) is 1. The molecule has 0 aromatic carbocycles. The molecule has 14 heavy (non-hydrogen) atoms. The SMILES string of the molecule is CC1CNc2c(Br)c(C(C)C)nn2C1. The van der Waals surface area contributed by atoms with Gasteiger partial charge in [-0.25, -0.2) is 4.68 Å². The van der Waals surface area contributed by atoms with E-state index in [9.17, 15) is 0 Å². The van der Waals surface area contributed by atoms with Crippen LogP contribution in [0, 0.1) is 5.92 Å². The molecule has 1 unspecified atom stereocenters. The Morgan fingerprint density at radius 3 is 2.93 bits per heavy atom. The van der Waals surface area contributed by atoms with E-state index in [1.165, 1.54) is 0 Å². The van der Waals surface area contributed by atoms with Gasteiger partial charge in [-0.1, -0.05) is 20.8 Å². The van der Waals surface area contributed by atoms with Crippen molar-refractivity contribution in [2.75, 3.05) is 11.9 Å². The predicted octanol–water partition coefficient (Wildman–Crippen LogP) is 2.83. The van der Waals surface area contributed by atoms with Crippen LogP contribution >= 0.6 is 15.9 Å². The van der Waals surface area contributed by atoms with Crippen molar-refractivity contribution in [1.29, 1.82) is 0 Å². The van der Waals surface area contributed by atoms with Crippen molar-refractivity contribution in [2.45, 2.75) is 33.2 Å². The second kappa shape index (κ2) is 3.57.